The number of aliphatic hydroxyl groups excluding tert-OH is 1. The molecule has 0 spiro atoms. The van der Waals surface area contributed by atoms with Crippen LogP contribution < -0.4 is 4.74 Å². The smallest absolute Gasteiger partial charge is 0.366 e. The molecule has 7 rings (SSSR count). The highest BCUT2D eigenvalue weighted by Crippen LogP contribution is 2.44. The summed E-state index contributed by atoms with van der Waals surface area (Å²) in [6.07, 6.45) is -17.1. The molecular weight excluding hydrogens is 989 g/mol. The second kappa shape index (κ2) is 24.6. The van der Waals surface area contributed by atoms with Crippen LogP contribution in [0.5, 0.6) is 5.75 Å². The summed E-state index contributed by atoms with van der Waals surface area (Å²) in [5.41, 5.74) is 0.927. The number of carbonyl (C=O) groups is 7. The number of methoxy groups -OCH3 is 1. The molecule has 2 amide bonds. The number of fused-ring (bicyclic) bond motifs is 1. The Balaban J connectivity index is 1.38. The second-order valence-corrected chi connectivity index (χ2v) is 17.5. The van der Waals surface area contributed by atoms with Gasteiger partial charge in [-0.25, -0.2) is 4.79 Å². The van der Waals surface area contributed by atoms with Crippen LogP contribution in [0.25, 0.3) is 0 Å². The first-order valence-electron chi connectivity index (χ1n) is 23.5. The van der Waals surface area contributed by atoms with E-state index in [9.17, 15) is 48.8 Å². The minimum atomic E-state index is -2.95. The minimum absolute atomic E-state index is 0.0214. The van der Waals surface area contributed by atoms with Crippen molar-refractivity contribution < 1.29 is 95.7 Å². The summed E-state index contributed by atoms with van der Waals surface area (Å²) < 4.78 is 66.5. The van der Waals surface area contributed by atoms with Gasteiger partial charge in [0.2, 0.25) is 6.29 Å². The molecular formula is C52H54N2O21. The van der Waals surface area contributed by atoms with Crippen molar-refractivity contribution in [2.24, 2.45) is 0 Å². The lowest BCUT2D eigenvalue weighted by Crippen LogP contribution is -2.72. The van der Waals surface area contributed by atoms with Crippen molar-refractivity contribution in [3.8, 4) is 5.75 Å². The maximum absolute atomic E-state index is 14.8. The van der Waals surface area contributed by atoms with Gasteiger partial charge in [-0.3, -0.25) is 43.8 Å². The molecule has 2 saturated heterocycles. The lowest BCUT2D eigenvalue weighted by atomic mass is 9.86. The van der Waals surface area contributed by atoms with Crippen LogP contribution >= 0.6 is 0 Å². The number of non-ortho nitro benzene ring substituents is 1. The number of benzene rings is 4. The Kier molecular flexibility index (Phi) is 18.1. The summed E-state index contributed by atoms with van der Waals surface area (Å²) in [6, 6.07) is 26.5. The van der Waals surface area contributed by atoms with Crippen molar-refractivity contribution in [1.82, 2.24) is 4.90 Å². The average molecular weight is 1040 g/mol. The largest absolute Gasteiger partial charge is 0.465 e. The van der Waals surface area contributed by atoms with Gasteiger partial charge in [-0.05, 0) is 35.4 Å². The fraction of sp³-hybridized carbons (Fsp3) is 0.404. The molecule has 3 heterocycles. The molecule has 0 bridgehead atoms. The second-order valence-electron chi connectivity index (χ2n) is 17.5. The molecule has 3 aliphatic rings. The number of rotatable bonds is 21. The molecule has 0 saturated carbocycles. The predicted molar refractivity (Wildman–Crippen MR) is 253 cm³/mol. The predicted octanol–water partition coefficient (Wildman–Crippen LogP) is 3.93. The number of aliphatic hydroxyl groups is 1. The molecule has 23 heteroatoms. The molecule has 1 N–H and O–H groups in total. The van der Waals surface area contributed by atoms with E-state index in [4.69, 9.17) is 52.1 Å². The van der Waals surface area contributed by atoms with Crippen LogP contribution in [0.15, 0.2) is 109 Å². The third kappa shape index (κ3) is 13.2. The van der Waals surface area contributed by atoms with Crippen molar-refractivity contribution in [1.29, 1.82) is 0 Å². The maximum atomic E-state index is 14.8. The van der Waals surface area contributed by atoms with Gasteiger partial charge in [0.15, 0.2) is 12.2 Å². The number of hydrogen-bond donors (Lipinski definition) is 1. The quantitative estimate of drug-likeness (QED) is 0.0407. The number of nitro groups is 1. The summed E-state index contributed by atoms with van der Waals surface area (Å²) in [5.74, 6) is -10.1. The van der Waals surface area contributed by atoms with Crippen LogP contribution in [0, 0.1) is 10.1 Å². The van der Waals surface area contributed by atoms with Crippen molar-refractivity contribution in [3.05, 3.63) is 142 Å². The normalized spacial score (nSPS) is 25.0. The highest BCUT2D eigenvalue weighted by atomic mass is 16.8. The summed E-state index contributed by atoms with van der Waals surface area (Å²) in [7, 11) is 0.947. The van der Waals surface area contributed by atoms with Crippen LogP contribution in [0.2, 0.25) is 0 Å². The zero-order valence-corrected chi connectivity index (χ0v) is 41.2. The van der Waals surface area contributed by atoms with Crippen LogP contribution in [-0.4, -0.2) is 144 Å². The fourth-order valence-electron chi connectivity index (χ4n) is 8.96. The molecule has 4 aromatic carbocycles. The number of hydrogen-bond acceptors (Lipinski definition) is 21. The highest BCUT2D eigenvalue weighted by Gasteiger charge is 2.65. The zero-order valence-electron chi connectivity index (χ0n) is 41.2. The number of ether oxygens (including phenoxy) is 11. The SMILES string of the molecule is COC(=O)[C@@]1(O[C@H]2C(COCc3ccccc3)O[C@@H](Oc3ccc([N+](=O)[O-])cc3)C(OCc3ccccc3)C2O)C[C@@H](OC(C)=O)[C@@H](N2C(=O)c3ccccc3C2=O)C([C@H](OC(C)=O)[C@@H](COC(C)=O)OC(C)=O)O1. The average Bonchev–Trinajstić information content (AvgIpc) is 3.63. The van der Waals surface area contributed by atoms with E-state index in [1.165, 1.54) is 48.5 Å². The van der Waals surface area contributed by atoms with E-state index in [1.54, 1.807) is 60.7 Å². The van der Waals surface area contributed by atoms with Crippen molar-refractivity contribution in [2.75, 3.05) is 20.3 Å². The van der Waals surface area contributed by atoms with Crippen LogP contribution in [0.1, 0.15) is 66.0 Å². The molecule has 11 atom stereocenters. The number of amides is 2. The van der Waals surface area contributed by atoms with Gasteiger partial charge >= 0.3 is 29.8 Å². The third-order valence-corrected chi connectivity index (χ3v) is 12.1. The molecule has 0 radical (unpaired) electrons. The maximum Gasteiger partial charge on any atom is 0.366 e. The number of imide groups is 1. The van der Waals surface area contributed by atoms with Gasteiger partial charge in [-0.1, -0.05) is 72.8 Å². The summed E-state index contributed by atoms with van der Waals surface area (Å²) >= 11 is 0. The van der Waals surface area contributed by atoms with E-state index in [2.05, 4.69) is 0 Å². The van der Waals surface area contributed by atoms with Gasteiger partial charge in [-0.2, -0.15) is 0 Å². The van der Waals surface area contributed by atoms with E-state index >= 15 is 0 Å². The molecule has 2 fully saturated rings. The van der Waals surface area contributed by atoms with Gasteiger partial charge < -0.3 is 57.2 Å². The monoisotopic (exact) mass is 1040 g/mol. The first kappa shape index (κ1) is 55.1. The first-order valence-corrected chi connectivity index (χ1v) is 23.5. The number of nitrogens with zero attached hydrogens (tertiary/aromatic N) is 2. The number of esters is 5. The Morgan fingerprint density at radius 1 is 0.773 bits per heavy atom. The minimum Gasteiger partial charge on any atom is -0.465 e. The van der Waals surface area contributed by atoms with E-state index < -0.39 is 133 Å². The van der Waals surface area contributed by atoms with Crippen molar-refractivity contribution >= 4 is 47.3 Å². The summed E-state index contributed by atoms with van der Waals surface area (Å²) in [4.78, 5) is 107. The Bertz CT molecular complexity index is 2670. The van der Waals surface area contributed by atoms with Gasteiger partial charge in [0, 0.05) is 39.8 Å². The molecule has 23 nitrogen and oxygen atoms in total. The molecule has 398 valence electrons. The zero-order chi connectivity index (χ0) is 54.0. The topological polar surface area (TPSA) is 288 Å². The fourth-order valence-corrected chi connectivity index (χ4v) is 8.96. The Morgan fingerprint density at radius 2 is 1.36 bits per heavy atom. The standard InChI is InChI=1S/C52H54N2O21/c1-29(55)67-28-41(70-31(3)57)45(71-32(4)58)46-42(53-48(60)37-18-12-13-19-38(37)49(53)61)39(69-30(2)56)24-52(75-46,51(62)65-5)74-44-40(27-66-25-33-14-8-6-9-15-33)73-50(72-36-22-20-35(21-23-36)54(63)64)47(43(44)59)68-26-34-16-10-7-11-17-34/h6-23,39-47,50,59H,24-28H2,1-5H3/t39-,40?,41-,42-,43?,44+,45-,46?,47?,50-,52-/m1/s1. The van der Waals surface area contributed by atoms with E-state index in [-0.39, 0.29) is 35.8 Å². The molecule has 0 aliphatic carbocycles. The summed E-state index contributed by atoms with van der Waals surface area (Å²) in [5, 5.41) is 24.3. The van der Waals surface area contributed by atoms with Gasteiger partial charge in [0.1, 0.15) is 55.0 Å². The Hall–Kier alpha value is -7.67. The lowest BCUT2D eigenvalue weighted by molar-refractivity contribution is -0.384. The van der Waals surface area contributed by atoms with E-state index in [0.29, 0.717) is 10.5 Å². The van der Waals surface area contributed by atoms with Gasteiger partial charge in [0.25, 0.3) is 23.3 Å². The van der Waals surface area contributed by atoms with Gasteiger partial charge in [-0.15, -0.1) is 0 Å². The Labute approximate surface area is 428 Å². The molecule has 4 unspecified atom stereocenters. The van der Waals surface area contributed by atoms with Crippen LogP contribution in [0.3, 0.4) is 0 Å². The molecule has 3 aliphatic heterocycles. The third-order valence-electron chi connectivity index (χ3n) is 12.1. The van der Waals surface area contributed by atoms with Crippen LogP contribution in [-0.2, 0) is 84.6 Å². The molecule has 75 heavy (non-hydrogen) atoms. The number of carbonyl (C=O) groups excluding carboxylic acids is 7. The highest BCUT2D eigenvalue weighted by molar-refractivity contribution is 6.21. The van der Waals surface area contributed by atoms with Crippen LogP contribution in [0.4, 0.5) is 5.69 Å². The van der Waals surface area contributed by atoms with E-state index in [1.807, 2.05) is 0 Å². The van der Waals surface area contributed by atoms with Crippen molar-refractivity contribution in [2.45, 2.75) is 114 Å². The number of nitro benzene ring substituents is 1. The lowest BCUT2D eigenvalue weighted by Gasteiger charge is -2.52. The molecule has 4 aromatic rings. The summed E-state index contributed by atoms with van der Waals surface area (Å²) in [6.45, 7) is 2.51. The molecule has 0 aromatic heterocycles. The first-order chi connectivity index (χ1) is 35.9. The van der Waals surface area contributed by atoms with E-state index in [0.717, 1.165) is 40.4 Å². The Morgan fingerprint density at radius 3 is 1.91 bits per heavy atom. The van der Waals surface area contributed by atoms with Gasteiger partial charge in [0.05, 0.1) is 49.4 Å². The van der Waals surface area contributed by atoms with Crippen molar-refractivity contribution in [3.63, 3.8) is 0 Å².